The number of aromatic nitrogens is 2. The van der Waals surface area contributed by atoms with Gasteiger partial charge < -0.3 is 4.74 Å². The number of aryl methyl sites for hydroxylation is 1. The highest BCUT2D eigenvalue weighted by atomic mass is 35.5. The lowest BCUT2D eigenvalue weighted by molar-refractivity contribution is 0.306. The highest BCUT2D eigenvalue weighted by Crippen LogP contribution is 2.27. The zero-order chi connectivity index (χ0) is 14.0. The maximum absolute atomic E-state index is 11.1. The standard InChI is InChI=1S/C11H12ClN3O3S/c1-15-6-8(5-14-15)7-18-11-3-2-9(4-10(11)12)19(13,16)17/h2-6H,7H2,1H3,(H2,13,16,17). The minimum Gasteiger partial charge on any atom is -0.487 e. The fourth-order valence-corrected chi connectivity index (χ4v) is 2.32. The van der Waals surface area contributed by atoms with Gasteiger partial charge in [-0.3, -0.25) is 4.68 Å². The molecule has 0 radical (unpaired) electrons. The Morgan fingerprint density at radius 3 is 2.74 bits per heavy atom. The first-order valence-corrected chi connectivity index (χ1v) is 7.21. The van der Waals surface area contributed by atoms with E-state index >= 15 is 0 Å². The van der Waals surface area contributed by atoms with Gasteiger partial charge in [-0.25, -0.2) is 13.6 Å². The number of nitrogens with two attached hydrogens (primary N) is 1. The Morgan fingerprint density at radius 2 is 2.21 bits per heavy atom. The highest BCUT2D eigenvalue weighted by molar-refractivity contribution is 7.89. The summed E-state index contributed by atoms with van der Waals surface area (Å²) in [5.41, 5.74) is 0.883. The van der Waals surface area contributed by atoms with E-state index < -0.39 is 10.0 Å². The second kappa shape index (κ2) is 5.20. The average molecular weight is 302 g/mol. The number of ether oxygens (including phenoxy) is 1. The molecule has 102 valence electrons. The summed E-state index contributed by atoms with van der Waals surface area (Å²) in [5.74, 6) is 0.387. The Morgan fingerprint density at radius 1 is 1.47 bits per heavy atom. The van der Waals surface area contributed by atoms with E-state index in [-0.39, 0.29) is 9.92 Å². The molecule has 0 aliphatic rings. The van der Waals surface area contributed by atoms with Crippen LogP contribution >= 0.6 is 11.6 Å². The lowest BCUT2D eigenvalue weighted by Gasteiger charge is -2.07. The van der Waals surface area contributed by atoms with Gasteiger partial charge in [0.15, 0.2) is 0 Å². The van der Waals surface area contributed by atoms with Crippen molar-refractivity contribution >= 4 is 21.6 Å². The third-order valence-electron chi connectivity index (χ3n) is 2.38. The fraction of sp³-hybridized carbons (Fsp3) is 0.182. The van der Waals surface area contributed by atoms with Crippen molar-refractivity contribution in [2.45, 2.75) is 11.5 Å². The fourth-order valence-electron chi connectivity index (χ4n) is 1.48. The van der Waals surface area contributed by atoms with Gasteiger partial charge >= 0.3 is 0 Å². The quantitative estimate of drug-likeness (QED) is 0.922. The zero-order valence-corrected chi connectivity index (χ0v) is 11.6. The smallest absolute Gasteiger partial charge is 0.238 e. The summed E-state index contributed by atoms with van der Waals surface area (Å²) < 4.78 is 29.4. The monoisotopic (exact) mass is 301 g/mol. The van der Waals surface area contributed by atoms with Crippen LogP contribution in [-0.4, -0.2) is 18.2 Å². The maximum Gasteiger partial charge on any atom is 0.238 e. The van der Waals surface area contributed by atoms with Gasteiger partial charge in [-0.1, -0.05) is 11.6 Å². The van der Waals surface area contributed by atoms with Gasteiger partial charge in [0.05, 0.1) is 16.1 Å². The van der Waals surface area contributed by atoms with Crippen LogP contribution in [-0.2, 0) is 23.7 Å². The van der Waals surface area contributed by atoms with Crippen LogP contribution in [0.25, 0.3) is 0 Å². The van der Waals surface area contributed by atoms with Gasteiger partial charge in [-0.05, 0) is 18.2 Å². The first-order chi connectivity index (χ1) is 8.86. The summed E-state index contributed by atoms with van der Waals surface area (Å²) in [4.78, 5) is -0.0498. The summed E-state index contributed by atoms with van der Waals surface area (Å²) >= 11 is 5.94. The number of benzene rings is 1. The van der Waals surface area contributed by atoms with E-state index in [2.05, 4.69) is 5.10 Å². The molecule has 0 aliphatic carbocycles. The van der Waals surface area contributed by atoms with Gasteiger partial charge in [0.2, 0.25) is 10.0 Å². The molecule has 0 aliphatic heterocycles. The molecule has 0 saturated carbocycles. The Labute approximate surface area is 115 Å². The predicted molar refractivity (Wildman–Crippen MR) is 70.4 cm³/mol. The Bertz CT molecular complexity index is 697. The largest absolute Gasteiger partial charge is 0.487 e. The molecule has 0 spiro atoms. The van der Waals surface area contributed by atoms with Crippen molar-refractivity contribution in [3.8, 4) is 5.75 Å². The summed E-state index contributed by atoms with van der Waals surface area (Å²) in [6, 6.07) is 4.08. The van der Waals surface area contributed by atoms with Crippen LogP contribution in [0.5, 0.6) is 5.75 Å². The lowest BCUT2D eigenvalue weighted by Crippen LogP contribution is -2.12. The molecule has 1 aromatic heterocycles. The molecule has 1 heterocycles. The van der Waals surface area contributed by atoms with E-state index in [0.717, 1.165) is 5.56 Å². The zero-order valence-electron chi connectivity index (χ0n) is 10.1. The van der Waals surface area contributed by atoms with Crippen molar-refractivity contribution in [2.75, 3.05) is 0 Å². The minimum absolute atomic E-state index is 0.0498. The molecular formula is C11H12ClN3O3S. The molecule has 0 bridgehead atoms. The summed E-state index contributed by atoms with van der Waals surface area (Å²) in [6.07, 6.45) is 3.49. The van der Waals surface area contributed by atoms with Crippen LogP contribution in [0, 0.1) is 0 Å². The first-order valence-electron chi connectivity index (χ1n) is 5.29. The van der Waals surface area contributed by atoms with Crippen molar-refractivity contribution < 1.29 is 13.2 Å². The van der Waals surface area contributed by atoms with Crippen LogP contribution in [0.3, 0.4) is 0 Å². The molecule has 1 aromatic carbocycles. The van der Waals surface area contributed by atoms with Gasteiger partial charge in [0.1, 0.15) is 12.4 Å². The van der Waals surface area contributed by atoms with Crippen molar-refractivity contribution in [2.24, 2.45) is 12.2 Å². The van der Waals surface area contributed by atoms with Gasteiger partial charge in [-0.15, -0.1) is 0 Å². The molecule has 19 heavy (non-hydrogen) atoms. The van der Waals surface area contributed by atoms with E-state index in [1.807, 2.05) is 6.20 Å². The number of nitrogens with zero attached hydrogens (tertiary/aromatic N) is 2. The van der Waals surface area contributed by atoms with Crippen molar-refractivity contribution in [1.29, 1.82) is 0 Å². The Kier molecular flexibility index (Phi) is 3.79. The van der Waals surface area contributed by atoms with Crippen LogP contribution < -0.4 is 9.88 Å². The molecule has 2 aromatic rings. The molecule has 2 N–H and O–H groups in total. The van der Waals surface area contributed by atoms with E-state index in [1.165, 1.54) is 18.2 Å². The van der Waals surface area contributed by atoms with Crippen LogP contribution in [0.2, 0.25) is 5.02 Å². The lowest BCUT2D eigenvalue weighted by atomic mass is 10.3. The Hall–Kier alpha value is -1.57. The van der Waals surface area contributed by atoms with Crippen molar-refractivity contribution in [3.63, 3.8) is 0 Å². The predicted octanol–water partition coefficient (Wildman–Crippen LogP) is 1.30. The maximum atomic E-state index is 11.1. The molecule has 0 atom stereocenters. The molecular weight excluding hydrogens is 290 g/mol. The third-order valence-corrected chi connectivity index (χ3v) is 3.59. The number of halogens is 1. The second-order valence-electron chi connectivity index (χ2n) is 3.95. The van der Waals surface area contributed by atoms with E-state index in [9.17, 15) is 8.42 Å². The molecule has 0 amide bonds. The van der Waals surface area contributed by atoms with Gasteiger partial charge in [0.25, 0.3) is 0 Å². The summed E-state index contributed by atoms with van der Waals surface area (Å²) in [6.45, 7) is 0.294. The average Bonchev–Trinajstić information content (AvgIpc) is 2.72. The van der Waals surface area contributed by atoms with E-state index in [0.29, 0.717) is 12.4 Å². The Balaban J connectivity index is 2.14. The molecule has 6 nitrogen and oxygen atoms in total. The van der Waals surface area contributed by atoms with Crippen molar-refractivity contribution in [3.05, 3.63) is 41.2 Å². The molecule has 0 fully saturated rings. The van der Waals surface area contributed by atoms with E-state index in [4.69, 9.17) is 21.5 Å². The van der Waals surface area contributed by atoms with Crippen LogP contribution in [0.15, 0.2) is 35.5 Å². The number of hydrogen-bond donors (Lipinski definition) is 1. The number of rotatable bonds is 4. The molecule has 8 heteroatoms. The molecule has 2 rings (SSSR count). The third kappa shape index (κ3) is 3.46. The minimum atomic E-state index is -3.76. The number of hydrogen-bond acceptors (Lipinski definition) is 4. The topological polar surface area (TPSA) is 87.2 Å². The summed E-state index contributed by atoms with van der Waals surface area (Å²) in [5, 5.41) is 9.20. The van der Waals surface area contributed by atoms with Crippen LogP contribution in [0.1, 0.15) is 5.56 Å². The van der Waals surface area contributed by atoms with Gasteiger partial charge in [0, 0.05) is 18.8 Å². The normalized spacial score (nSPS) is 11.5. The second-order valence-corrected chi connectivity index (χ2v) is 5.92. The SMILES string of the molecule is Cn1cc(COc2ccc(S(N)(=O)=O)cc2Cl)cn1. The highest BCUT2D eigenvalue weighted by Gasteiger charge is 2.11. The number of primary sulfonamides is 1. The molecule has 0 saturated heterocycles. The van der Waals surface area contributed by atoms with Crippen LogP contribution in [0.4, 0.5) is 0 Å². The van der Waals surface area contributed by atoms with E-state index in [1.54, 1.807) is 17.9 Å². The summed E-state index contributed by atoms with van der Waals surface area (Å²) in [7, 11) is -1.96. The van der Waals surface area contributed by atoms with Crippen molar-refractivity contribution in [1.82, 2.24) is 9.78 Å². The van der Waals surface area contributed by atoms with Gasteiger partial charge in [-0.2, -0.15) is 5.10 Å². The molecule has 0 unspecified atom stereocenters. The first kappa shape index (κ1) is 13.9. The number of sulfonamides is 1.